The van der Waals surface area contributed by atoms with E-state index in [1.54, 1.807) is 12.1 Å². The van der Waals surface area contributed by atoms with Crippen LogP contribution in [0.3, 0.4) is 0 Å². The van der Waals surface area contributed by atoms with Crippen molar-refractivity contribution in [1.82, 2.24) is 0 Å². The molecule has 0 radical (unpaired) electrons. The molecule has 1 unspecified atom stereocenters. The van der Waals surface area contributed by atoms with E-state index in [1.165, 1.54) is 12.1 Å². The van der Waals surface area contributed by atoms with Crippen LogP contribution in [0.4, 0.5) is 10.1 Å². The zero-order valence-electron chi connectivity index (χ0n) is 18.3. The number of hydrogen-bond acceptors (Lipinski definition) is 4. The van der Waals surface area contributed by atoms with E-state index < -0.39 is 5.41 Å². The second kappa shape index (κ2) is 7.59. The van der Waals surface area contributed by atoms with Gasteiger partial charge in [-0.3, -0.25) is 4.79 Å². The number of anilines is 1. The van der Waals surface area contributed by atoms with Crippen molar-refractivity contribution in [2.45, 2.75) is 31.5 Å². The molecule has 3 aromatic rings. The van der Waals surface area contributed by atoms with Crippen LogP contribution in [0.15, 0.2) is 60.7 Å². The molecule has 5 nitrogen and oxygen atoms in total. The SMILES string of the molecule is C[C@@H](CN1C(=O)C2(COc3cc4c(cc32)CCO4)c2ccccc21)OCc1ccc(F)cc1. The van der Waals surface area contributed by atoms with Gasteiger partial charge in [-0.15, -0.1) is 0 Å². The van der Waals surface area contributed by atoms with Gasteiger partial charge < -0.3 is 19.1 Å². The minimum atomic E-state index is -0.847. The van der Waals surface area contributed by atoms with Crippen LogP contribution >= 0.6 is 0 Å². The van der Waals surface area contributed by atoms with Gasteiger partial charge in [-0.25, -0.2) is 4.39 Å². The second-order valence-corrected chi connectivity index (χ2v) is 8.93. The second-order valence-electron chi connectivity index (χ2n) is 8.93. The van der Waals surface area contributed by atoms with Crippen molar-refractivity contribution in [3.8, 4) is 11.5 Å². The standard InChI is InChI=1S/C27H24FNO4/c1-17(32-15-18-6-8-20(28)9-7-18)14-29-23-5-3-2-4-21(23)27(26(29)30)16-33-25-13-24-19(10-11-31-24)12-22(25)27/h2-9,12-13,17H,10-11,14-16H2,1H3/t17-,27?/m0/s1. The average molecular weight is 445 g/mol. The smallest absolute Gasteiger partial charge is 0.245 e. The van der Waals surface area contributed by atoms with Crippen molar-refractivity contribution in [2.24, 2.45) is 0 Å². The third kappa shape index (κ3) is 3.12. The lowest BCUT2D eigenvalue weighted by Gasteiger charge is -2.25. The predicted molar refractivity (Wildman–Crippen MR) is 121 cm³/mol. The molecule has 0 N–H and O–H groups in total. The Morgan fingerprint density at radius 1 is 1.06 bits per heavy atom. The van der Waals surface area contributed by atoms with Gasteiger partial charge in [0.2, 0.25) is 5.91 Å². The molecule has 0 saturated heterocycles. The molecule has 1 spiro atoms. The molecular formula is C27H24FNO4. The topological polar surface area (TPSA) is 48.0 Å². The fourth-order valence-corrected chi connectivity index (χ4v) is 5.16. The van der Waals surface area contributed by atoms with Gasteiger partial charge in [-0.2, -0.15) is 0 Å². The van der Waals surface area contributed by atoms with E-state index in [2.05, 4.69) is 6.07 Å². The Morgan fingerprint density at radius 3 is 2.73 bits per heavy atom. The van der Waals surface area contributed by atoms with Crippen molar-refractivity contribution in [3.05, 3.63) is 88.7 Å². The maximum absolute atomic E-state index is 14.0. The van der Waals surface area contributed by atoms with Gasteiger partial charge in [0.25, 0.3) is 0 Å². The van der Waals surface area contributed by atoms with Crippen LogP contribution in [0.5, 0.6) is 11.5 Å². The first-order valence-corrected chi connectivity index (χ1v) is 11.3. The van der Waals surface area contributed by atoms with E-state index in [1.807, 2.05) is 42.2 Å². The maximum atomic E-state index is 14.0. The average Bonchev–Trinajstić information content (AvgIpc) is 3.50. The molecule has 0 fully saturated rings. The highest BCUT2D eigenvalue weighted by atomic mass is 19.1. The Labute approximate surface area is 191 Å². The Bertz CT molecular complexity index is 1240. The molecule has 3 heterocycles. The lowest BCUT2D eigenvalue weighted by Crippen LogP contribution is -2.45. The van der Waals surface area contributed by atoms with Crippen LogP contribution in [0.25, 0.3) is 0 Å². The van der Waals surface area contributed by atoms with Gasteiger partial charge in [0.15, 0.2) is 0 Å². The van der Waals surface area contributed by atoms with E-state index in [9.17, 15) is 9.18 Å². The van der Waals surface area contributed by atoms with E-state index >= 15 is 0 Å². The molecule has 0 bridgehead atoms. The van der Waals surface area contributed by atoms with E-state index in [-0.39, 0.29) is 24.4 Å². The normalized spacial score (nSPS) is 20.9. The number of rotatable bonds is 5. The number of para-hydroxylation sites is 1. The molecule has 3 aliphatic rings. The van der Waals surface area contributed by atoms with Crippen molar-refractivity contribution < 1.29 is 23.4 Å². The zero-order valence-corrected chi connectivity index (χ0v) is 18.3. The van der Waals surface area contributed by atoms with E-state index in [0.29, 0.717) is 19.8 Å². The Balaban J connectivity index is 1.29. The van der Waals surface area contributed by atoms with Crippen LogP contribution < -0.4 is 14.4 Å². The molecule has 0 aliphatic carbocycles. The molecule has 33 heavy (non-hydrogen) atoms. The summed E-state index contributed by atoms with van der Waals surface area (Å²) in [5.74, 6) is 1.32. The molecule has 0 aromatic heterocycles. The third-order valence-electron chi connectivity index (χ3n) is 6.85. The van der Waals surface area contributed by atoms with Gasteiger partial charge >= 0.3 is 0 Å². The van der Waals surface area contributed by atoms with Crippen LogP contribution in [0.1, 0.15) is 29.2 Å². The Kier molecular flexibility index (Phi) is 4.66. The van der Waals surface area contributed by atoms with E-state index in [4.69, 9.17) is 14.2 Å². The lowest BCUT2D eigenvalue weighted by molar-refractivity contribution is -0.122. The summed E-state index contributed by atoms with van der Waals surface area (Å²) >= 11 is 0. The number of nitrogens with zero attached hydrogens (tertiary/aromatic N) is 1. The van der Waals surface area contributed by atoms with Gasteiger partial charge in [-0.1, -0.05) is 30.3 Å². The first-order valence-electron chi connectivity index (χ1n) is 11.3. The minimum Gasteiger partial charge on any atom is -0.493 e. The number of amides is 1. The summed E-state index contributed by atoms with van der Waals surface area (Å²) in [6.07, 6.45) is 0.629. The van der Waals surface area contributed by atoms with Gasteiger partial charge in [-0.05, 0) is 47.9 Å². The Morgan fingerprint density at radius 2 is 1.88 bits per heavy atom. The third-order valence-corrected chi connectivity index (χ3v) is 6.85. The molecule has 6 heteroatoms. The summed E-state index contributed by atoms with van der Waals surface area (Å²) in [6, 6.07) is 18.2. The number of carbonyl (C=O) groups is 1. The molecule has 0 saturated carbocycles. The quantitative estimate of drug-likeness (QED) is 0.585. The van der Waals surface area contributed by atoms with Gasteiger partial charge in [0.1, 0.15) is 29.3 Å². The highest BCUT2D eigenvalue weighted by Crippen LogP contribution is 2.53. The Hall–Kier alpha value is -3.38. The van der Waals surface area contributed by atoms with Crippen LogP contribution in [0, 0.1) is 5.82 Å². The lowest BCUT2D eigenvalue weighted by atomic mass is 9.76. The number of fused-ring (bicyclic) bond motifs is 5. The number of halogens is 1. The summed E-state index contributed by atoms with van der Waals surface area (Å²) in [7, 11) is 0. The summed E-state index contributed by atoms with van der Waals surface area (Å²) in [6.45, 7) is 3.66. The number of hydrogen-bond donors (Lipinski definition) is 0. The summed E-state index contributed by atoms with van der Waals surface area (Å²) in [5.41, 5.74) is 3.96. The van der Waals surface area contributed by atoms with Crippen molar-refractivity contribution >= 4 is 11.6 Å². The van der Waals surface area contributed by atoms with Crippen LogP contribution in [-0.2, 0) is 28.0 Å². The monoisotopic (exact) mass is 445 g/mol. The molecule has 1 amide bonds. The van der Waals surface area contributed by atoms with E-state index in [0.717, 1.165) is 45.9 Å². The summed E-state index contributed by atoms with van der Waals surface area (Å²) in [4.78, 5) is 15.8. The number of benzene rings is 3. The van der Waals surface area contributed by atoms with Crippen molar-refractivity contribution in [2.75, 3.05) is 24.7 Å². The molecule has 3 aliphatic heterocycles. The van der Waals surface area contributed by atoms with Gasteiger partial charge in [0, 0.05) is 23.7 Å². The minimum absolute atomic E-state index is 0.0125. The van der Waals surface area contributed by atoms with Crippen molar-refractivity contribution in [1.29, 1.82) is 0 Å². The highest BCUT2D eigenvalue weighted by molar-refractivity contribution is 6.11. The largest absolute Gasteiger partial charge is 0.493 e. The van der Waals surface area contributed by atoms with Crippen LogP contribution in [-0.4, -0.2) is 31.8 Å². The predicted octanol–water partition coefficient (Wildman–Crippen LogP) is 4.39. The summed E-state index contributed by atoms with van der Waals surface area (Å²) < 4.78 is 30.9. The first kappa shape index (κ1) is 20.2. The van der Waals surface area contributed by atoms with Gasteiger partial charge in [0.05, 0.1) is 25.9 Å². The molecular weight excluding hydrogens is 421 g/mol. The zero-order chi connectivity index (χ0) is 22.6. The molecule has 3 aromatic carbocycles. The van der Waals surface area contributed by atoms with Crippen molar-refractivity contribution in [3.63, 3.8) is 0 Å². The number of carbonyl (C=O) groups excluding carboxylic acids is 1. The summed E-state index contributed by atoms with van der Waals surface area (Å²) in [5, 5.41) is 0. The van der Waals surface area contributed by atoms with Crippen LogP contribution in [0.2, 0.25) is 0 Å². The molecule has 168 valence electrons. The number of ether oxygens (including phenoxy) is 3. The molecule has 6 rings (SSSR count). The maximum Gasteiger partial charge on any atom is 0.245 e. The first-order chi connectivity index (χ1) is 16.1. The highest BCUT2D eigenvalue weighted by Gasteiger charge is 2.57. The fourth-order valence-electron chi connectivity index (χ4n) is 5.16. The molecule has 2 atom stereocenters. The fraction of sp³-hybridized carbons (Fsp3) is 0.296.